The lowest BCUT2D eigenvalue weighted by Gasteiger charge is -2.34. The monoisotopic (exact) mass is 351 g/mol. The SMILES string of the molecule is NC(=O)[C@H]1Cc2ccccc2CN1Cc1ncc(-c2ccc(F)cc2)o1. The van der Waals surface area contributed by atoms with Crippen LogP contribution in [0.25, 0.3) is 11.3 Å². The average Bonchev–Trinajstić information content (AvgIpc) is 3.10. The van der Waals surface area contributed by atoms with Crippen LogP contribution in [0.2, 0.25) is 0 Å². The third-order valence-corrected chi connectivity index (χ3v) is 4.69. The lowest BCUT2D eigenvalue weighted by Crippen LogP contribution is -2.48. The number of rotatable bonds is 4. The second-order valence-electron chi connectivity index (χ2n) is 6.42. The highest BCUT2D eigenvalue weighted by atomic mass is 19.1. The molecular formula is C20H18FN3O2. The normalized spacial score (nSPS) is 17.0. The summed E-state index contributed by atoms with van der Waals surface area (Å²) in [6.07, 6.45) is 2.19. The first-order chi connectivity index (χ1) is 12.6. The molecule has 0 fully saturated rings. The molecule has 6 heteroatoms. The van der Waals surface area contributed by atoms with Crippen molar-refractivity contribution in [2.75, 3.05) is 0 Å². The van der Waals surface area contributed by atoms with Crippen LogP contribution < -0.4 is 5.73 Å². The van der Waals surface area contributed by atoms with Gasteiger partial charge in [0.05, 0.1) is 18.8 Å². The van der Waals surface area contributed by atoms with Gasteiger partial charge in [-0.05, 0) is 41.8 Å². The number of benzene rings is 2. The molecule has 26 heavy (non-hydrogen) atoms. The van der Waals surface area contributed by atoms with Crippen molar-refractivity contribution in [1.29, 1.82) is 0 Å². The van der Waals surface area contributed by atoms with E-state index < -0.39 is 6.04 Å². The number of nitrogens with zero attached hydrogens (tertiary/aromatic N) is 2. The highest BCUT2D eigenvalue weighted by molar-refractivity contribution is 5.80. The lowest BCUT2D eigenvalue weighted by molar-refractivity contribution is -0.124. The number of amides is 1. The van der Waals surface area contributed by atoms with Crippen molar-refractivity contribution in [1.82, 2.24) is 9.88 Å². The van der Waals surface area contributed by atoms with E-state index in [0.717, 1.165) is 11.1 Å². The van der Waals surface area contributed by atoms with Crippen LogP contribution in [-0.2, 0) is 24.3 Å². The van der Waals surface area contributed by atoms with Crippen LogP contribution in [0.3, 0.4) is 0 Å². The second kappa shape index (κ2) is 6.72. The molecular weight excluding hydrogens is 333 g/mol. The van der Waals surface area contributed by atoms with E-state index in [1.807, 2.05) is 23.1 Å². The summed E-state index contributed by atoms with van der Waals surface area (Å²) in [4.78, 5) is 18.2. The molecule has 1 amide bonds. The average molecular weight is 351 g/mol. The minimum atomic E-state index is -0.397. The summed E-state index contributed by atoms with van der Waals surface area (Å²) in [5, 5.41) is 0. The number of hydrogen-bond acceptors (Lipinski definition) is 4. The van der Waals surface area contributed by atoms with Gasteiger partial charge in [0.1, 0.15) is 5.82 Å². The summed E-state index contributed by atoms with van der Waals surface area (Å²) >= 11 is 0. The molecule has 0 saturated carbocycles. The summed E-state index contributed by atoms with van der Waals surface area (Å²) in [6.45, 7) is 0.987. The fourth-order valence-electron chi connectivity index (χ4n) is 3.33. The number of halogens is 1. The van der Waals surface area contributed by atoms with E-state index in [-0.39, 0.29) is 11.7 Å². The van der Waals surface area contributed by atoms with E-state index >= 15 is 0 Å². The van der Waals surface area contributed by atoms with E-state index in [2.05, 4.69) is 11.1 Å². The topological polar surface area (TPSA) is 72.4 Å². The molecule has 0 spiro atoms. The summed E-state index contributed by atoms with van der Waals surface area (Å²) in [5.41, 5.74) is 8.68. The fraction of sp³-hybridized carbons (Fsp3) is 0.200. The first kappa shape index (κ1) is 16.5. The molecule has 2 N–H and O–H groups in total. The van der Waals surface area contributed by atoms with Gasteiger partial charge in [0, 0.05) is 12.1 Å². The number of carbonyl (C=O) groups excluding carboxylic acids is 1. The Balaban J connectivity index is 1.56. The standard InChI is InChI=1S/C20H18FN3O2/c21-16-7-5-13(6-8-16)18-10-23-19(26-18)12-24-11-15-4-2-1-3-14(15)9-17(24)20(22)25/h1-8,10,17H,9,11-12H2,(H2,22,25)/t17-/m1/s1. The largest absolute Gasteiger partial charge is 0.439 e. The Hall–Kier alpha value is -2.99. The zero-order chi connectivity index (χ0) is 18.1. The highest BCUT2D eigenvalue weighted by Gasteiger charge is 2.30. The zero-order valence-electron chi connectivity index (χ0n) is 14.1. The molecule has 1 aliphatic rings. The summed E-state index contributed by atoms with van der Waals surface area (Å²) in [7, 11) is 0. The van der Waals surface area contributed by atoms with Crippen molar-refractivity contribution in [3.05, 3.63) is 77.6 Å². The Kier molecular flexibility index (Phi) is 4.26. The number of aromatic nitrogens is 1. The molecule has 1 aliphatic heterocycles. The van der Waals surface area contributed by atoms with E-state index in [0.29, 0.717) is 31.2 Å². The van der Waals surface area contributed by atoms with Gasteiger partial charge in [0.25, 0.3) is 0 Å². The molecule has 0 radical (unpaired) electrons. The second-order valence-corrected chi connectivity index (χ2v) is 6.42. The van der Waals surface area contributed by atoms with Crippen molar-refractivity contribution in [3.8, 4) is 11.3 Å². The highest BCUT2D eigenvalue weighted by Crippen LogP contribution is 2.26. The number of primary amides is 1. The maximum absolute atomic E-state index is 13.1. The van der Waals surface area contributed by atoms with Crippen LogP contribution in [0.5, 0.6) is 0 Å². The van der Waals surface area contributed by atoms with Crippen LogP contribution >= 0.6 is 0 Å². The minimum Gasteiger partial charge on any atom is -0.439 e. The molecule has 0 bridgehead atoms. The van der Waals surface area contributed by atoms with Crippen LogP contribution in [0.1, 0.15) is 17.0 Å². The molecule has 1 aromatic heterocycles. The molecule has 0 saturated heterocycles. The Morgan fingerprint density at radius 1 is 1.19 bits per heavy atom. The van der Waals surface area contributed by atoms with Crippen molar-refractivity contribution in [2.45, 2.75) is 25.6 Å². The summed E-state index contributed by atoms with van der Waals surface area (Å²) in [6, 6.07) is 13.7. The van der Waals surface area contributed by atoms with Gasteiger partial charge >= 0.3 is 0 Å². The maximum Gasteiger partial charge on any atom is 0.235 e. The summed E-state index contributed by atoms with van der Waals surface area (Å²) < 4.78 is 18.9. The molecule has 1 atom stereocenters. The van der Waals surface area contributed by atoms with Gasteiger partial charge in [-0.3, -0.25) is 9.69 Å². The van der Waals surface area contributed by atoms with Gasteiger partial charge in [-0.1, -0.05) is 24.3 Å². The van der Waals surface area contributed by atoms with Gasteiger partial charge in [-0.25, -0.2) is 9.37 Å². The van der Waals surface area contributed by atoms with Crippen LogP contribution in [0, 0.1) is 5.82 Å². The Morgan fingerprint density at radius 2 is 1.92 bits per heavy atom. The van der Waals surface area contributed by atoms with Crippen LogP contribution in [-0.4, -0.2) is 21.8 Å². The Labute approximate surface area is 150 Å². The van der Waals surface area contributed by atoms with E-state index in [9.17, 15) is 9.18 Å². The Bertz CT molecular complexity index is 936. The molecule has 0 aliphatic carbocycles. The van der Waals surface area contributed by atoms with Crippen molar-refractivity contribution in [3.63, 3.8) is 0 Å². The molecule has 0 unspecified atom stereocenters. The number of carbonyl (C=O) groups is 1. The van der Waals surface area contributed by atoms with Crippen molar-refractivity contribution < 1.29 is 13.6 Å². The van der Waals surface area contributed by atoms with Gasteiger partial charge in [-0.2, -0.15) is 0 Å². The maximum atomic E-state index is 13.1. The quantitative estimate of drug-likeness (QED) is 0.784. The smallest absolute Gasteiger partial charge is 0.235 e. The van der Waals surface area contributed by atoms with Gasteiger partial charge in [0.2, 0.25) is 11.8 Å². The fourth-order valence-corrected chi connectivity index (χ4v) is 3.33. The zero-order valence-corrected chi connectivity index (χ0v) is 14.1. The van der Waals surface area contributed by atoms with E-state index in [1.165, 1.54) is 17.7 Å². The number of fused-ring (bicyclic) bond motifs is 1. The van der Waals surface area contributed by atoms with Crippen molar-refractivity contribution in [2.24, 2.45) is 5.73 Å². The van der Waals surface area contributed by atoms with Gasteiger partial charge in [-0.15, -0.1) is 0 Å². The number of hydrogen-bond donors (Lipinski definition) is 1. The van der Waals surface area contributed by atoms with Crippen LogP contribution in [0.4, 0.5) is 4.39 Å². The summed E-state index contributed by atoms with van der Waals surface area (Å²) in [5.74, 6) is 0.401. The Morgan fingerprint density at radius 3 is 2.65 bits per heavy atom. The van der Waals surface area contributed by atoms with E-state index in [4.69, 9.17) is 10.2 Å². The first-order valence-electron chi connectivity index (χ1n) is 8.41. The third kappa shape index (κ3) is 3.23. The van der Waals surface area contributed by atoms with Gasteiger partial charge < -0.3 is 10.2 Å². The molecule has 4 rings (SSSR count). The van der Waals surface area contributed by atoms with E-state index in [1.54, 1.807) is 18.3 Å². The molecule has 3 aromatic rings. The first-order valence-corrected chi connectivity index (χ1v) is 8.41. The van der Waals surface area contributed by atoms with Crippen LogP contribution in [0.15, 0.2) is 59.1 Å². The molecule has 132 valence electrons. The van der Waals surface area contributed by atoms with Crippen molar-refractivity contribution >= 4 is 5.91 Å². The molecule has 2 heterocycles. The van der Waals surface area contributed by atoms with Gasteiger partial charge in [0.15, 0.2) is 5.76 Å². The predicted octanol–water partition coefficient (Wildman–Crippen LogP) is 2.89. The molecule has 5 nitrogen and oxygen atoms in total. The molecule has 2 aromatic carbocycles. The lowest BCUT2D eigenvalue weighted by atomic mass is 9.93. The predicted molar refractivity (Wildman–Crippen MR) is 94.3 cm³/mol. The minimum absolute atomic E-state index is 0.301. The third-order valence-electron chi connectivity index (χ3n) is 4.69. The number of nitrogens with two attached hydrogens (primary N) is 1. The number of oxazole rings is 1.